The third-order valence-electron chi connectivity index (χ3n) is 4.27. The molecule has 1 aromatic carbocycles. The van der Waals surface area contributed by atoms with Crippen LogP contribution >= 0.6 is 0 Å². The summed E-state index contributed by atoms with van der Waals surface area (Å²) in [6.07, 6.45) is 3.81. The fourth-order valence-electron chi connectivity index (χ4n) is 2.99. The maximum atomic E-state index is 12.8. The van der Waals surface area contributed by atoms with Crippen molar-refractivity contribution in [1.29, 1.82) is 0 Å². The molecule has 0 bridgehead atoms. The van der Waals surface area contributed by atoms with Crippen LogP contribution in [0.2, 0.25) is 0 Å². The van der Waals surface area contributed by atoms with Crippen LogP contribution in [0.25, 0.3) is 10.8 Å². The third kappa shape index (κ3) is 3.70. The maximum Gasteiger partial charge on any atom is 0.273 e. The van der Waals surface area contributed by atoms with Gasteiger partial charge in [-0.1, -0.05) is 38.1 Å². The number of amides is 1. The number of nitrogens with zero attached hydrogens (tertiary/aromatic N) is 2. The van der Waals surface area contributed by atoms with Gasteiger partial charge in [-0.2, -0.15) is 0 Å². The second kappa shape index (κ2) is 7.09. The minimum absolute atomic E-state index is 0.0316. The van der Waals surface area contributed by atoms with Gasteiger partial charge in [0.05, 0.1) is 6.10 Å². The van der Waals surface area contributed by atoms with E-state index in [-0.39, 0.29) is 12.0 Å². The average Bonchev–Trinajstić information content (AvgIpc) is 2.59. The minimum Gasteiger partial charge on any atom is -0.378 e. The molecule has 1 amide bonds. The number of likely N-dealkylation sites (tertiary alicyclic amines) is 1. The maximum absolute atomic E-state index is 12.8. The molecule has 0 radical (unpaired) electrons. The first kappa shape index (κ1) is 15.9. The molecule has 1 aliphatic heterocycles. The third-order valence-corrected chi connectivity index (χ3v) is 4.27. The van der Waals surface area contributed by atoms with Crippen molar-refractivity contribution in [2.75, 3.05) is 19.7 Å². The van der Waals surface area contributed by atoms with E-state index in [4.69, 9.17) is 4.74 Å². The summed E-state index contributed by atoms with van der Waals surface area (Å²) in [5.74, 6) is 0.582. The smallest absolute Gasteiger partial charge is 0.273 e. The number of ether oxygens (including phenoxy) is 1. The van der Waals surface area contributed by atoms with Gasteiger partial charge in [-0.15, -0.1) is 0 Å². The van der Waals surface area contributed by atoms with Crippen molar-refractivity contribution in [2.24, 2.45) is 5.92 Å². The first-order valence-corrected chi connectivity index (χ1v) is 8.40. The second-order valence-corrected chi connectivity index (χ2v) is 6.60. The number of benzene rings is 1. The van der Waals surface area contributed by atoms with Crippen molar-refractivity contribution >= 4 is 16.7 Å². The highest BCUT2D eigenvalue weighted by Crippen LogP contribution is 2.21. The molecule has 0 N–H and O–H groups in total. The zero-order chi connectivity index (χ0) is 16.2. The number of carbonyl (C=O) groups is 1. The van der Waals surface area contributed by atoms with Crippen LogP contribution in [-0.2, 0) is 4.74 Å². The lowest BCUT2D eigenvalue weighted by molar-refractivity contribution is -0.00238. The molecule has 1 fully saturated rings. The number of aromatic nitrogens is 1. The van der Waals surface area contributed by atoms with Crippen LogP contribution in [0.5, 0.6) is 0 Å². The van der Waals surface area contributed by atoms with Crippen molar-refractivity contribution in [2.45, 2.75) is 32.8 Å². The largest absolute Gasteiger partial charge is 0.378 e. The lowest BCUT2D eigenvalue weighted by Crippen LogP contribution is -2.41. The summed E-state index contributed by atoms with van der Waals surface area (Å²) in [4.78, 5) is 19.1. The molecule has 1 saturated heterocycles. The van der Waals surface area contributed by atoms with Crippen LogP contribution in [0, 0.1) is 5.92 Å². The molecule has 0 unspecified atom stereocenters. The van der Waals surface area contributed by atoms with Gasteiger partial charge < -0.3 is 9.64 Å². The number of hydrogen-bond acceptors (Lipinski definition) is 3. The molecular formula is C19H24N2O2. The van der Waals surface area contributed by atoms with E-state index < -0.39 is 0 Å². The van der Waals surface area contributed by atoms with Crippen molar-refractivity contribution in [3.05, 3.63) is 42.2 Å². The van der Waals surface area contributed by atoms with Crippen molar-refractivity contribution < 1.29 is 9.53 Å². The summed E-state index contributed by atoms with van der Waals surface area (Å²) in [6, 6.07) is 9.85. The number of rotatable bonds is 4. The standard InChI is InChI=1S/C19H24N2O2/c1-14(2)13-23-16-8-11-21(12-9-16)19(22)18-17-6-4-3-5-15(17)7-10-20-18/h3-7,10,14,16H,8-9,11-13H2,1-2H3. The summed E-state index contributed by atoms with van der Waals surface area (Å²) < 4.78 is 5.89. The van der Waals surface area contributed by atoms with Crippen molar-refractivity contribution in [1.82, 2.24) is 9.88 Å². The van der Waals surface area contributed by atoms with Crippen LogP contribution in [0.4, 0.5) is 0 Å². The first-order valence-electron chi connectivity index (χ1n) is 8.40. The van der Waals surface area contributed by atoms with E-state index in [0.717, 1.165) is 43.3 Å². The highest BCUT2D eigenvalue weighted by molar-refractivity contribution is 6.05. The van der Waals surface area contributed by atoms with Crippen LogP contribution < -0.4 is 0 Å². The van der Waals surface area contributed by atoms with Crippen LogP contribution in [-0.4, -0.2) is 41.6 Å². The van der Waals surface area contributed by atoms with Gasteiger partial charge in [0.2, 0.25) is 0 Å². The second-order valence-electron chi connectivity index (χ2n) is 6.60. The van der Waals surface area contributed by atoms with Crippen molar-refractivity contribution in [3.8, 4) is 0 Å². The lowest BCUT2D eigenvalue weighted by atomic mass is 10.1. The summed E-state index contributed by atoms with van der Waals surface area (Å²) in [7, 11) is 0. The van der Waals surface area contributed by atoms with E-state index in [1.165, 1.54) is 0 Å². The monoisotopic (exact) mass is 312 g/mol. The number of hydrogen-bond donors (Lipinski definition) is 0. The molecule has 122 valence electrons. The number of piperidine rings is 1. The molecule has 4 nitrogen and oxygen atoms in total. The molecule has 0 aliphatic carbocycles. The van der Waals surface area contributed by atoms with Gasteiger partial charge >= 0.3 is 0 Å². The van der Waals surface area contributed by atoms with Gasteiger partial charge in [-0.3, -0.25) is 9.78 Å². The Morgan fingerprint density at radius 2 is 2.00 bits per heavy atom. The predicted octanol–water partition coefficient (Wildman–Crippen LogP) is 3.51. The molecule has 1 aliphatic rings. The average molecular weight is 312 g/mol. The fourth-order valence-corrected chi connectivity index (χ4v) is 2.99. The molecule has 4 heteroatoms. The number of fused-ring (bicyclic) bond motifs is 1. The summed E-state index contributed by atoms with van der Waals surface area (Å²) in [6.45, 7) is 6.60. The summed E-state index contributed by atoms with van der Waals surface area (Å²) in [5, 5.41) is 1.99. The van der Waals surface area contributed by atoms with Crippen LogP contribution in [0.15, 0.2) is 36.5 Å². The number of carbonyl (C=O) groups excluding carboxylic acids is 1. The Hall–Kier alpha value is -1.94. The Morgan fingerprint density at radius 1 is 1.26 bits per heavy atom. The number of pyridine rings is 1. The van der Waals surface area contributed by atoms with Gasteiger partial charge in [0.15, 0.2) is 0 Å². The molecule has 3 rings (SSSR count). The fraction of sp³-hybridized carbons (Fsp3) is 0.474. The van der Waals surface area contributed by atoms with Gasteiger partial charge in [0.1, 0.15) is 5.69 Å². The molecule has 1 aromatic heterocycles. The zero-order valence-electron chi connectivity index (χ0n) is 13.9. The Labute approximate surface area is 137 Å². The normalized spacial score (nSPS) is 16.2. The Balaban J connectivity index is 1.67. The van der Waals surface area contributed by atoms with E-state index >= 15 is 0 Å². The SMILES string of the molecule is CC(C)COC1CCN(C(=O)c2nccc3ccccc23)CC1. The molecule has 0 saturated carbocycles. The van der Waals surface area contributed by atoms with E-state index in [9.17, 15) is 4.79 Å². The summed E-state index contributed by atoms with van der Waals surface area (Å²) in [5.41, 5.74) is 0.560. The van der Waals surface area contributed by atoms with E-state index in [1.807, 2.05) is 35.2 Å². The quantitative estimate of drug-likeness (QED) is 0.867. The Morgan fingerprint density at radius 3 is 2.74 bits per heavy atom. The highest BCUT2D eigenvalue weighted by Gasteiger charge is 2.25. The predicted molar refractivity (Wildman–Crippen MR) is 91.5 cm³/mol. The summed E-state index contributed by atoms with van der Waals surface area (Å²) >= 11 is 0. The van der Waals surface area contributed by atoms with E-state index in [0.29, 0.717) is 11.6 Å². The van der Waals surface area contributed by atoms with Crippen LogP contribution in [0.3, 0.4) is 0 Å². The topological polar surface area (TPSA) is 42.4 Å². The van der Waals surface area contributed by atoms with Crippen molar-refractivity contribution in [3.63, 3.8) is 0 Å². The highest BCUT2D eigenvalue weighted by atomic mass is 16.5. The lowest BCUT2D eigenvalue weighted by Gasteiger charge is -2.32. The van der Waals surface area contributed by atoms with Gasteiger partial charge in [0.25, 0.3) is 5.91 Å². The molecule has 2 aromatic rings. The molecule has 0 spiro atoms. The van der Waals surface area contributed by atoms with Gasteiger partial charge in [-0.05, 0) is 30.2 Å². The van der Waals surface area contributed by atoms with Gasteiger partial charge in [-0.25, -0.2) is 0 Å². The first-order chi connectivity index (χ1) is 11.1. The zero-order valence-corrected chi connectivity index (χ0v) is 13.9. The minimum atomic E-state index is 0.0316. The molecule has 23 heavy (non-hydrogen) atoms. The van der Waals surface area contributed by atoms with Gasteiger partial charge in [0, 0.05) is 31.3 Å². The van der Waals surface area contributed by atoms with Crippen LogP contribution in [0.1, 0.15) is 37.2 Å². The Kier molecular flexibility index (Phi) is 4.91. The molecule has 2 heterocycles. The van der Waals surface area contributed by atoms with E-state index in [2.05, 4.69) is 18.8 Å². The Bertz CT molecular complexity index is 671. The molecule has 0 atom stereocenters. The van der Waals surface area contributed by atoms with E-state index in [1.54, 1.807) is 6.20 Å². The molecular weight excluding hydrogens is 288 g/mol.